The van der Waals surface area contributed by atoms with Gasteiger partial charge in [-0.05, 0) is 81.3 Å². The Morgan fingerprint density at radius 1 is 1.00 bits per heavy atom. The Labute approximate surface area is 182 Å². The summed E-state index contributed by atoms with van der Waals surface area (Å²) in [7, 11) is 2.21. The third-order valence-corrected chi connectivity index (χ3v) is 7.29. The molecule has 1 unspecified atom stereocenters. The van der Waals surface area contributed by atoms with Crippen molar-refractivity contribution in [1.82, 2.24) is 20.0 Å². The quantitative estimate of drug-likeness (QED) is 0.748. The minimum Gasteiger partial charge on any atom is -0.342 e. The Hall–Kier alpha value is -1.43. The molecule has 3 aliphatic rings. The normalized spacial score (nSPS) is 23.7. The second-order valence-corrected chi connectivity index (χ2v) is 9.98. The third-order valence-electron chi connectivity index (χ3n) is 7.29. The van der Waals surface area contributed by atoms with Gasteiger partial charge in [0.1, 0.15) is 0 Å². The fraction of sp³-hybridized carbons (Fsp3) is 0.720. The van der Waals surface area contributed by atoms with Gasteiger partial charge in [-0.1, -0.05) is 12.1 Å². The van der Waals surface area contributed by atoms with Crippen LogP contribution >= 0.6 is 0 Å². The van der Waals surface area contributed by atoms with Gasteiger partial charge in [-0.25, -0.2) is 0 Å². The molecule has 0 radical (unpaired) electrons. The number of piperazine rings is 1. The van der Waals surface area contributed by atoms with Crippen molar-refractivity contribution in [3.8, 4) is 0 Å². The molecule has 166 valence electrons. The molecule has 1 amide bonds. The van der Waals surface area contributed by atoms with Gasteiger partial charge in [0.2, 0.25) is 5.91 Å². The molecular formula is C25H40N4O. The number of hydrogen-bond acceptors (Lipinski definition) is 4. The zero-order valence-corrected chi connectivity index (χ0v) is 19.3. The summed E-state index contributed by atoms with van der Waals surface area (Å²) in [4.78, 5) is 19.5. The molecule has 1 aromatic rings. The predicted molar refractivity (Wildman–Crippen MR) is 122 cm³/mol. The molecular weight excluding hydrogens is 372 g/mol. The summed E-state index contributed by atoms with van der Waals surface area (Å²) in [6, 6.07) is 4.79. The van der Waals surface area contributed by atoms with E-state index in [-0.39, 0.29) is 0 Å². The molecule has 30 heavy (non-hydrogen) atoms. The predicted octanol–water partition coefficient (Wildman–Crippen LogP) is 2.79. The van der Waals surface area contributed by atoms with Gasteiger partial charge in [-0.2, -0.15) is 0 Å². The van der Waals surface area contributed by atoms with Crippen molar-refractivity contribution < 1.29 is 4.79 Å². The largest absolute Gasteiger partial charge is 0.342 e. The second-order valence-electron chi connectivity index (χ2n) is 9.98. The summed E-state index contributed by atoms with van der Waals surface area (Å²) < 4.78 is 0. The highest BCUT2D eigenvalue weighted by atomic mass is 16.2. The van der Waals surface area contributed by atoms with Crippen LogP contribution in [0.4, 0.5) is 0 Å². The van der Waals surface area contributed by atoms with E-state index in [0.29, 0.717) is 17.7 Å². The SMILES string of the molecule is Cc1cc(C)c(CN2CCN(C)CC2)cc1CNCC1CCCN(C(=O)C2CC2)C1. The highest BCUT2D eigenvalue weighted by Crippen LogP contribution is 2.32. The maximum absolute atomic E-state index is 12.4. The van der Waals surface area contributed by atoms with Crippen LogP contribution in [0.5, 0.6) is 0 Å². The third kappa shape index (κ3) is 5.63. The lowest BCUT2D eigenvalue weighted by Crippen LogP contribution is -2.44. The maximum atomic E-state index is 12.4. The standard InChI is InChI=1S/C25H40N4O/c1-19-13-20(2)24(18-28-11-9-27(3)10-12-28)14-23(19)16-26-15-21-5-4-8-29(17-21)25(30)22-6-7-22/h13-14,21-22,26H,4-12,15-18H2,1-3H3. The summed E-state index contributed by atoms with van der Waals surface area (Å²) >= 11 is 0. The number of likely N-dealkylation sites (N-methyl/N-ethyl adjacent to an activating group) is 1. The van der Waals surface area contributed by atoms with Crippen LogP contribution in [-0.2, 0) is 17.9 Å². The van der Waals surface area contributed by atoms with Crippen molar-refractivity contribution in [2.75, 3.05) is 52.9 Å². The van der Waals surface area contributed by atoms with Gasteiger partial charge in [0.05, 0.1) is 0 Å². The van der Waals surface area contributed by atoms with Crippen molar-refractivity contribution in [3.05, 3.63) is 34.4 Å². The first-order chi connectivity index (χ1) is 14.5. The molecule has 1 saturated carbocycles. The van der Waals surface area contributed by atoms with Crippen molar-refractivity contribution in [1.29, 1.82) is 0 Å². The average molecular weight is 413 g/mol. The van der Waals surface area contributed by atoms with Gasteiger partial charge in [-0.15, -0.1) is 0 Å². The smallest absolute Gasteiger partial charge is 0.225 e. The van der Waals surface area contributed by atoms with E-state index in [0.717, 1.165) is 65.1 Å². The van der Waals surface area contributed by atoms with Gasteiger partial charge in [0, 0.05) is 58.3 Å². The van der Waals surface area contributed by atoms with Crippen molar-refractivity contribution >= 4 is 5.91 Å². The molecule has 1 atom stereocenters. The molecule has 1 N–H and O–H groups in total. The van der Waals surface area contributed by atoms with Crippen LogP contribution in [0.25, 0.3) is 0 Å². The Morgan fingerprint density at radius 2 is 1.73 bits per heavy atom. The van der Waals surface area contributed by atoms with E-state index in [1.807, 2.05) is 0 Å². The van der Waals surface area contributed by atoms with E-state index < -0.39 is 0 Å². The number of benzene rings is 1. The Morgan fingerprint density at radius 3 is 2.47 bits per heavy atom. The first kappa shape index (κ1) is 21.8. The number of nitrogens with zero attached hydrogens (tertiary/aromatic N) is 3. The van der Waals surface area contributed by atoms with Gasteiger partial charge < -0.3 is 15.1 Å². The number of carbonyl (C=O) groups is 1. The van der Waals surface area contributed by atoms with Gasteiger partial charge >= 0.3 is 0 Å². The maximum Gasteiger partial charge on any atom is 0.225 e. The molecule has 3 fully saturated rings. The topological polar surface area (TPSA) is 38.8 Å². The number of likely N-dealkylation sites (tertiary alicyclic amines) is 1. The molecule has 5 nitrogen and oxygen atoms in total. The van der Waals surface area contributed by atoms with Crippen molar-refractivity contribution in [3.63, 3.8) is 0 Å². The van der Waals surface area contributed by atoms with Crippen LogP contribution < -0.4 is 5.32 Å². The van der Waals surface area contributed by atoms with E-state index in [1.54, 1.807) is 0 Å². The van der Waals surface area contributed by atoms with E-state index in [2.05, 4.69) is 53.0 Å². The second kappa shape index (κ2) is 9.80. The zero-order chi connectivity index (χ0) is 21.1. The van der Waals surface area contributed by atoms with Crippen LogP contribution in [0, 0.1) is 25.7 Å². The number of aryl methyl sites for hydroxylation is 2. The molecule has 0 spiro atoms. The fourth-order valence-electron chi connectivity index (χ4n) is 4.99. The first-order valence-electron chi connectivity index (χ1n) is 12.0. The van der Waals surface area contributed by atoms with E-state index >= 15 is 0 Å². The molecule has 4 rings (SSSR count). The Bertz CT molecular complexity index is 737. The summed E-state index contributed by atoms with van der Waals surface area (Å²) in [5.74, 6) is 1.37. The molecule has 2 saturated heterocycles. The molecule has 5 heteroatoms. The number of amides is 1. The summed E-state index contributed by atoms with van der Waals surface area (Å²) in [6.45, 7) is 14.1. The minimum absolute atomic E-state index is 0.352. The van der Waals surface area contributed by atoms with E-state index in [9.17, 15) is 4.79 Å². The van der Waals surface area contributed by atoms with Crippen LogP contribution in [0.15, 0.2) is 12.1 Å². The molecule has 1 aliphatic carbocycles. The van der Waals surface area contributed by atoms with Gasteiger partial charge in [0.15, 0.2) is 0 Å². The van der Waals surface area contributed by atoms with Crippen LogP contribution in [0.2, 0.25) is 0 Å². The molecule has 2 aliphatic heterocycles. The number of hydrogen-bond donors (Lipinski definition) is 1. The van der Waals surface area contributed by atoms with Crippen LogP contribution in [0.1, 0.15) is 47.9 Å². The highest BCUT2D eigenvalue weighted by molar-refractivity contribution is 5.81. The molecule has 0 bridgehead atoms. The highest BCUT2D eigenvalue weighted by Gasteiger charge is 2.35. The summed E-state index contributed by atoms with van der Waals surface area (Å²) in [5.41, 5.74) is 5.69. The lowest BCUT2D eigenvalue weighted by molar-refractivity contribution is -0.134. The molecule has 0 aromatic heterocycles. The number of rotatable bonds is 7. The van der Waals surface area contributed by atoms with E-state index in [1.165, 1.54) is 41.8 Å². The van der Waals surface area contributed by atoms with Crippen molar-refractivity contribution in [2.45, 2.75) is 52.6 Å². The lowest BCUT2D eigenvalue weighted by Gasteiger charge is -2.33. The summed E-state index contributed by atoms with van der Waals surface area (Å²) in [5, 5.41) is 3.71. The molecule has 1 aromatic carbocycles. The number of carbonyl (C=O) groups excluding carboxylic acids is 1. The van der Waals surface area contributed by atoms with Gasteiger partial charge in [-0.3, -0.25) is 9.69 Å². The number of piperidine rings is 1. The Kier molecular flexibility index (Phi) is 7.12. The van der Waals surface area contributed by atoms with Crippen LogP contribution in [-0.4, -0.2) is 73.5 Å². The Balaban J connectivity index is 1.29. The minimum atomic E-state index is 0.352. The first-order valence-corrected chi connectivity index (χ1v) is 12.0. The monoisotopic (exact) mass is 412 g/mol. The van der Waals surface area contributed by atoms with Crippen molar-refractivity contribution in [2.24, 2.45) is 11.8 Å². The van der Waals surface area contributed by atoms with Crippen LogP contribution in [0.3, 0.4) is 0 Å². The number of nitrogens with one attached hydrogen (secondary N) is 1. The lowest BCUT2D eigenvalue weighted by atomic mass is 9.96. The van der Waals surface area contributed by atoms with E-state index in [4.69, 9.17) is 0 Å². The fourth-order valence-corrected chi connectivity index (χ4v) is 4.99. The summed E-state index contributed by atoms with van der Waals surface area (Å²) in [6.07, 6.45) is 4.62. The zero-order valence-electron chi connectivity index (χ0n) is 19.3. The average Bonchev–Trinajstić information content (AvgIpc) is 3.58. The molecule has 2 heterocycles. The van der Waals surface area contributed by atoms with Gasteiger partial charge in [0.25, 0.3) is 0 Å².